The van der Waals surface area contributed by atoms with Gasteiger partial charge >= 0.3 is 0 Å². The van der Waals surface area contributed by atoms with Crippen LogP contribution in [0.4, 0.5) is 5.13 Å². The van der Waals surface area contributed by atoms with Gasteiger partial charge in [0.1, 0.15) is 0 Å². The summed E-state index contributed by atoms with van der Waals surface area (Å²) < 4.78 is 2.83. The molecule has 6 nitrogen and oxygen atoms in total. The summed E-state index contributed by atoms with van der Waals surface area (Å²) in [7, 11) is 1.88. The van der Waals surface area contributed by atoms with E-state index in [9.17, 15) is 4.79 Å². The van der Waals surface area contributed by atoms with Gasteiger partial charge < -0.3 is 9.88 Å². The third kappa shape index (κ3) is 3.80. The summed E-state index contributed by atoms with van der Waals surface area (Å²) in [5.41, 5.74) is 0.960. The summed E-state index contributed by atoms with van der Waals surface area (Å²) in [6.45, 7) is 0. The summed E-state index contributed by atoms with van der Waals surface area (Å²) in [6, 6.07) is 7.82. The maximum atomic E-state index is 11.9. The van der Waals surface area contributed by atoms with Crippen molar-refractivity contribution < 1.29 is 4.79 Å². The molecule has 1 aromatic carbocycles. The number of thiazole rings is 1. The standard InChI is InChI=1S/C14H12BrN5OS2/c1-20-12(9-4-2-3-5-10(9)15)18-19-14(20)23-8-11(21)17-13-16-6-7-22-13/h2-7H,8H2,1H3,(H,16,17,21). The molecule has 0 aliphatic heterocycles. The zero-order valence-corrected chi connectivity index (χ0v) is 15.3. The summed E-state index contributed by atoms with van der Waals surface area (Å²) in [4.78, 5) is 15.9. The molecule has 0 unspecified atom stereocenters. The van der Waals surface area contributed by atoms with Gasteiger partial charge in [0.15, 0.2) is 16.1 Å². The van der Waals surface area contributed by atoms with E-state index >= 15 is 0 Å². The zero-order chi connectivity index (χ0) is 16.2. The van der Waals surface area contributed by atoms with Crippen molar-refractivity contribution in [3.63, 3.8) is 0 Å². The van der Waals surface area contributed by atoms with Crippen LogP contribution in [0.25, 0.3) is 11.4 Å². The second-order valence-corrected chi connectivity index (χ2v) is 7.21. The van der Waals surface area contributed by atoms with Gasteiger partial charge in [-0.1, -0.05) is 45.9 Å². The second kappa shape index (κ2) is 7.24. The van der Waals surface area contributed by atoms with E-state index in [4.69, 9.17) is 0 Å². The third-order valence-electron chi connectivity index (χ3n) is 2.96. The number of hydrogen-bond acceptors (Lipinski definition) is 6. The molecule has 23 heavy (non-hydrogen) atoms. The Hall–Kier alpha value is -1.71. The van der Waals surface area contributed by atoms with Gasteiger partial charge in [0.25, 0.3) is 0 Å². The van der Waals surface area contributed by atoms with E-state index in [-0.39, 0.29) is 11.7 Å². The van der Waals surface area contributed by atoms with E-state index in [0.717, 1.165) is 15.9 Å². The molecule has 0 saturated carbocycles. The van der Waals surface area contributed by atoms with Gasteiger partial charge in [0.05, 0.1) is 5.75 Å². The molecule has 0 spiro atoms. The van der Waals surface area contributed by atoms with Crippen molar-refractivity contribution >= 4 is 50.1 Å². The number of nitrogens with zero attached hydrogens (tertiary/aromatic N) is 4. The minimum atomic E-state index is -0.115. The van der Waals surface area contributed by atoms with Gasteiger partial charge in [-0.25, -0.2) is 4.98 Å². The molecular formula is C14H12BrN5OS2. The van der Waals surface area contributed by atoms with Crippen molar-refractivity contribution in [2.75, 3.05) is 11.1 Å². The normalized spacial score (nSPS) is 10.7. The van der Waals surface area contributed by atoms with Gasteiger partial charge in [-0.05, 0) is 6.07 Å². The number of amides is 1. The van der Waals surface area contributed by atoms with E-state index in [1.165, 1.54) is 23.1 Å². The number of aromatic nitrogens is 4. The summed E-state index contributed by atoms with van der Waals surface area (Å²) in [6.07, 6.45) is 1.65. The fourth-order valence-corrected chi connectivity index (χ4v) is 3.61. The molecule has 0 saturated heterocycles. The van der Waals surface area contributed by atoms with Crippen LogP contribution in [-0.4, -0.2) is 31.4 Å². The number of anilines is 1. The lowest BCUT2D eigenvalue weighted by Crippen LogP contribution is -2.14. The van der Waals surface area contributed by atoms with Crippen LogP contribution in [0.5, 0.6) is 0 Å². The predicted octanol–water partition coefficient (Wildman–Crippen LogP) is 3.43. The van der Waals surface area contributed by atoms with Crippen molar-refractivity contribution in [1.82, 2.24) is 19.7 Å². The number of nitrogens with one attached hydrogen (secondary N) is 1. The van der Waals surface area contributed by atoms with Crippen LogP contribution in [0.2, 0.25) is 0 Å². The van der Waals surface area contributed by atoms with Gasteiger partial charge in [0.2, 0.25) is 5.91 Å². The molecule has 0 aliphatic carbocycles. The Morgan fingerprint density at radius 2 is 2.22 bits per heavy atom. The van der Waals surface area contributed by atoms with Crippen molar-refractivity contribution in [3.8, 4) is 11.4 Å². The number of hydrogen-bond donors (Lipinski definition) is 1. The number of thioether (sulfide) groups is 1. The van der Waals surface area contributed by atoms with Crippen LogP contribution >= 0.6 is 39.0 Å². The topological polar surface area (TPSA) is 72.7 Å². The smallest absolute Gasteiger partial charge is 0.236 e. The third-order valence-corrected chi connectivity index (χ3v) is 5.36. The van der Waals surface area contributed by atoms with Crippen molar-refractivity contribution in [3.05, 3.63) is 40.3 Å². The first kappa shape index (κ1) is 16.2. The summed E-state index contributed by atoms with van der Waals surface area (Å²) >= 11 is 6.24. The minimum Gasteiger partial charge on any atom is -0.305 e. The van der Waals surface area contributed by atoms with Gasteiger partial charge in [-0.2, -0.15) is 0 Å². The Balaban J connectivity index is 1.68. The quantitative estimate of drug-likeness (QED) is 0.653. The van der Waals surface area contributed by atoms with Crippen molar-refractivity contribution in [1.29, 1.82) is 0 Å². The number of rotatable bonds is 5. The lowest BCUT2D eigenvalue weighted by atomic mass is 10.2. The van der Waals surface area contributed by atoms with E-state index in [0.29, 0.717) is 10.3 Å². The largest absolute Gasteiger partial charge is 0.305 e. The van der Waals surface area contributed by atoms with Crippen molar-refractivity contribution in [2.45, 2.75) is 5.16 Å². The highest BCUT2D eigenvalue weighted by Crippen LogP contribution is 2.28. The molecule has 2 aromatic heterocycles. The predicted molar refractivity (Wildman–Crippen MR) is 95.6 cm³/mol. The molecule has 3 aromatic rings. The minimum absolute atomic E-state index is 0.115. The molecule has 0 atom stereocenters. The molecule has 1 amide bonds. The van der Waals surface area contributed by atoms with Gasteiger partial charge in [-0.3, -0.25) is 4.79 Å². The van der Waals surface area contributed by atoms with Crippen LogP contribution in [-0.2, 0) is 11.8 Å². The monoisotopic (exact) mass is 409 g/mol. The number of carbonyl (C=O) groups is 1. The first-order valence-electron chi connectivity index (χ1n) is 6.61. The van der Waals surface area contributed by atoms with E-state index in [2.05, 4.69) is 36.4 Å². The first-order chi connectivity index (χ1) is 11.1. The average Bonchev–Trinajstić information content (AvgIpc) is 3.16. The van der Waals surface area contributed by atoms with Crippen LogP contribution in [0.1, 0.15) is 0 Å². The SMILES string of the molecule is Cn1c(SCC(=O)Nc2nccs2)nnc1-c1ccccc1Br. The van der Waals surface area contributed by atoms with Gasteiger partial charge in [-0.15, -0.1) is 21.5 Å². The number of benzene rings is 1. The lowest BCUT2D eigenvalue weighted by molar-refractivity contribution is -0.113. The number of carbonyl (C=O) groups excluding carboxylic acids is 1. The summed E-state index contributed by atoms with van der Waals surface area (Å²) in [5, 5.41) is 14.2. The van der Waals surface area contributed by atoms with E-state index < -0.39 is 0 Å². The highest BCUT2D eigenvalue weighted by molar-refractivity contribution is 9.10. The Morgan fingerprint density at radius 3 is 2.96 bits per heavy atom. The van der Waals surface area contributed by atoms with Crippen LogP contribution < -0.4 is 5.32 Å². The molecule has 9 heteroatoms. The van der Waals surface area contributed by atoms with Gasteiger partial charge in [0, 0.05) is 28.7 Å². The highest BCUT2D eigenvalue weighted by atomic mass is 79.9. The second-order valence-electron chi connectivity index (χ2n) is 4.52. The first-order valence-corrected chi connectivity index (χ1v) is 9.27. The molecule has 0 aliphatic rings. The maximum Gasteiger partial charge on any atom is 0.236 e. The van der Waals surface area contributed by atoms with Crippen molar-refractivity contribution in [2.24, 2.45) is 7.05 Å². The molecule has 0 fully saturated rings. The zero-order valence-electron chi connectivity index (χ0n) is 12.1. The molecule has 118 valence electrons. The number of halogens is 1. The molecule has 1 N–H and O–H groups in total. The molecule has 3 rings (SSSR count). The van der Waals surface area contributed by atoms with Crippen LogP contribution in [0.3, 0.4) is 0 Å². The maximum absolute atomic E-state index is 11.9. The fraction of sp³-hybridized carbons (Fsp3) is 0.143. The fourth-order valence-electron chi connectivity index (χ4n) is 1.89. The Labute approximate surface area is 149 Å². The summed E-state index contributed by atoms with van der Waals surface area (Å²) in [5.74, 6) is 0.886. The molecule has 2 heterocycles. The Kier molecular flexibility index (Phi) is 5.09. The highest BCUT2D eigenvalue weighted by Gasteiger charge is 2.14. The van der Waals surface area contributed by atoms with E-state index in [1.807, 2.05) is 41.3 Å². The lowest BCUT2D eigenvalue weighted by Gasteiger charge is -2.05. The Morgan fingerprint density at radius 1 is 1.39 bits per heavy atom. The molecular weight excluding hydrogens is 398 g/mol. The van der Waals surface area contributed by atoms with Crippen LogP contribution in [0.15, 0.2) is 45.5 Å². The molecule has 0 bridgehead atoms. The van der Waals surface area contributed by atoms with Crippen LogP contribution in [0, 0.1) is 0 Å². The Bertz CT molecular complexity index is 818. The average molecular weight is 410 g/mol. The van der Waals surface area contributed by atoms with E-state index in [1.54, 1.807) is 6.20 Å². The molecule has 0 radical (unpaired) electrons.